The molecule has 0 unspecified atom stereocenters. The number of benzene rings is 1. The summed E-state index contributed by atoms with van der Waals surface area (Å²) in [6.07, 6.45) is 4.85. The van der Waals surface area contributed by atoms with Gasteiger partial charge in [-0.15, -0.1) is 24.0 Å². The highest BCUT2D eigenvalue weighted by molar-refractivity contribution is 14.0. The Bertz CT molecular complexity index is 670. The molecule has 0 bridgehead atoms. The first-order chi connectivity index (χ1) is 12.0. The van der Waals surface area contributed by atoms with E-state index in [4.69, 9.17) is 4.74 Å². The van der Waals surface area contributed by atoms with Gasteiger partial charge >= 0.3 is 0 Å². The van der Waals surface area contributed by atoms with Crippen LogP contribution in [0.5, 0.6) is 0 Å². The maximum Gasteiger partial charge on any atom is 0.191 e. The summed E-state index contributed by atoms with van der Waals surface area (Å²) >= 11 is 0. The largest absolute Gasteiger partial charge is 0.377 e. The van der Waals surface area contributed by atoms with E-state index in [9.17, 15) is 0 Å². The molecule has 144 valence electrons. The van der Waals surface area contributed by atoms with Gasteiger partial charge in [0.05, 0.1) is 24.0 Å². The number of hydrogen-bond donors (Lipinski definition) is 2. The number of ether oxygens (including phenoxy) is 1. The summed E-state index contributed by atoms with van der Waals surface area (Å²) in [5, 5.41) is 11.0. The molecule has 0 amide bonds. The minimum Gasteiger partial charge on any atom is -0.377 e. The first-order valence-electron chi connectivity index (χ1n) is 8.70. The fourth-order valence-electron chi connectivity index (χ4n) is 2.21. The Morgan fingerprint density at radius 1 is 1.23 bits per heavy atom. The second-order valence-electron chi connectivity index (χ2n) is 6.46. The summed E-state index contributed by atoms with van der Waals surface area (Å²) in [4.78, 5) is 4.59. The molecule has 6 nitrogen and oxygen atoms in total. The molecule has 0 saturated heterocycles. The van der Waals surface area contributed by atoms with Crippen LogP contribution in [-0.2, 0) is 11.2 Å². The molecular weight excluding hydrogens is 441 g/mol. The molecule has 2 N–H and O–H groups in total. The first kappa shape index (κ1) is 22.4. The average molecular weight is 471 g/mol. The standard InChI is InChI=1S/C19H29N5O.HI/c1-5-20-18(22-15-19(2,3)25-4)21-12-11-16-13-23-24(14-16)17-9-7-6-8-10-17;/h6-10,13-14H,5,11-12,15H2,1-4H3,(H2,20,21,22);1H. The van der Waals surface area contributed by atoms with Crippen molar-refractivity contribution >= 4 is 29.9 Å². The van der Waals surface area contributed by atoms with Crippen molar-refractivity contribution in [2.24, 2.45) is 4.99 Å². The molecule has 0 fully saturated rings. The highest BCUT2D eigenvalue weighted by Gasteiger charge is 2.15. The summed E-state index contributed by atoms with van der Waals surface area (Å²) in [6.45, 7) is 8.33. The number of aromatic nitrogens is 2. The van der Waals surface area contributed by atoms with Crippen LogP contribution in [0.2, 0.25) is 0 Å². The number of methoxy groups -OCH3 is 1. The van der Waals surface area contributed by atoms with E-state index in [1.54, 1.807) is 7.11 Å². The Morgan fingerprint density at radius 3 is 2.62 bits per heavy atom. The number of para-hydroxylation sites is 1. The first-order valence-corrected chi connectivity index (χ1v) is 8.70. The molecule has 26 heavy (non-hydrogen) atoms. The van der Waals surface area contributed by atoms with Crippen LogP contribution in [0.3, 0.4) is 0 Å². The van der Waals surface area contributed by atoms with Crippen LogP contribution in [0.1, 0.15) is 26.3 Å². The number of nitrogens with one attached hydrogen (secondary N) is 2. The van der Waals surface area contributed by atoms with Crippen molar-refractivity contribution < 1.29 is 4.74 Å². The van der Waals surface area contributed by atoms with Gasteiger partial charge in [-0.25, -0.2) is 4.68 Å². The van der Waals surface area contributed by atoms with Crippen molar-refractivity contribution in [1.29, 1.82) is 0 Å². The topological polar surface area (TPSA) is 63.5 Å². The summed E-state index contributed by atoms with van der Waals surface area (Å²) < 4.78 is 7.31. The number of halogens is 1. The van der Waals surface area contributed by atoms with E-state index in [0.29, 0.717) is 6.54 Å². The van der Waals surface area contributed by atoms with Crippen molar-refractivity contribution in [2.75, 3.05) is 26.7 Å². The van der Waals surface area contributed by atoms with Gasteiger partial charge in [0.15, 0.2) is 5.96 Å². The van der Waals surface area contributed by atoms with Gasteiger partial charge < -0.3 is 15.4 Å². The maximum absolute atomic E-state index is 5.41. The van der Waals surface area contributed by atoms with Crippen LogP contribution in [-0.4, -0.2) is 48.1 Å². The Kier molecular flexibility index (Phi) is 9.64. The normalized spacial score (nSPS) is 11.8. The molecule has 2 aromatic rings. The summed E-state index contributed by atoms with van der Waals surface area (Å²) in [6, 6.07) is 10.1. The van der Waals surface area contributed by atoms with Crippen molar-refractivity contribution in [2.45, 2.75) is 32.8 Å². The zero-order valence-electron chi connectivity index (χ0n) is 16.0. The lowest BCUT2D eigenvalue weighted by molar-refractivity contribution is 0.0310. The third kappa shape index (κ3) is 7.33. The van der Waals surface area contributed by atoms with Crippen LogP contribution in [0, 0.1) is 0 Å². The highest BCUT2D eigenvalue weighted by atomic mass is 127. The summed E-state index contributed by atoms with van der Waals surface area (Å²) in [5.41, 5.74) is 1.99. The van der Waals surface area contributed by atoms with Gasteiger partial charge in [-0.1, -0.05) is 18.2 Å². The molecule has 7 heteroatoms. The van der Waals surface area contributed by atoms with E-state index in [0.717, 1.165) is 31.2 Å². The second-order valence-corrected chi connectivity index (χ2v) is 6.46. The molecule has 0 aliphatic carbocycles. The summed E-state index contributed by atoms with van der Waals surface area (Å²) in [7, 11) is 1.71. The molecule has 1 aromatic heterocycles. The maximum atomic E-state index is 5.41. The molecule has 1 aromatic carbocycles. The third-order valence-electron chi connectivity index (χ3n) is 3.88. The van der Waals surface area contributed by atoms with Crippen LogP contribution in [0.25, 0.3) is 5.69 Å². The molecule has 1 heterocycles. The predicted octanol–water partition coefficient (Wildman–Crippen LogP) is 3.01. The average Bonchev–Trinajstić information content (AvgIpc) is 3.09. The van der Waals surface area contributed by atoms with Crippen LogP contribution >= 0.6 is 24.0 Å². The van der Waals surface area contributed by atoms with Gasteiger partial charge in [-0.05, 0) is 44.9 Å². The molecule has 0 aliphatic heterocycles. The van der Waals surface area contributed by atoms with Crippen molar-refractivity contribution in [1.82, 2.24) is 20.4 Å². The molecule has 0 saturated carbocycles. The lowest BCUT2D eigenvalue weighted by Crippen LogP contribution is -2.40. The number of rotatable bonds is 8. The SMILES string of the molecule is CCNC(=NCC(C)(C)OC)NCCc1cnn(-c2ccccc2)c1.I. The predicted molar refractivity (Wildman–Crippen MR) is 118 cm³/mol. The van der Waals surface area contributed by atoms with Crippen LogP contribution < -0.4 is 10.6 Å². The quantitative estimate of drug-likeness (QED) is 0.353. The fraction of sp³-hybridized carbons (Fsp3) is 0.474. The monoisotopic (exact) mass is 471 g/mol. The van der Waals surface area contributed by atoms with Gasteiger partial charge in [0.1, 0.15) is 0 Å². The number of guanidine groups is 1. The van der Waals surface area contributed by atoms with E-state index in [1.165, 1.54) is 5.56 Å². The van der Waals surface area contributed by atoms with Crippen LogP contribution in [0.15, 0.2) is 47.7 Å². The van der Waals surface area contributed by atoms with Gasteiger partial charge in [-0.3, -0.25) is 4.99 Å². The molecular formula is C19H30IN5O. The lowest BCUT2D eigenvalue weighted by Gasteiger charge is -2.21. The van der Waals surface area contributed by atoms with E-state index in [1.807, 2.05) is 55.1 Å². The minimum absolute atomic E-state index is 0. The van der Waals surface area contributed by atoms with Crippen molar-refractivity contribution in [3.05, 3.63) is 48.3 Å². The van der Waals surface area contributed by atoms with Gasteiger partial charge in [0.2, 0.25) is 0 Å². The van der Waals surface area contributed by atoms with E-state index >= 15 is 0 Å². The smallest absolute Gasteiger partial charge is 0.191 e. The Hall–Kier alpha value is -1.61. The zero-order valence-corrected chi connectivity index (χ0v) is 18.4. The summed E-state index contributed by atoms with van der Waals surface area (Å²) in [5.74, 6) is 0.808. The highest BCUT2D eigenvalue weighted by Crippen LogP contribution is 2.08. The lowest BCUT2D eigenvalue weighted by atomic mass is 10.1. The van der Waals surface area contributed by atoms with E-state index in [-0.39, 0.29) is 29.6 Å². The van der Waals surface area contributed by atoms with E-state index in [2.05, 4.69) is 33.8 Å². The van der Waals surface area contributed by atoms with Crippen LogP contribution in [0.4, 0.5) is 0 Å². The molecule has 0 atom stereocenters. The van der Waals surface area contributed by atoms with E-state index < -0.39 is 0 Å². The Balaban J connectivity index is 0.00000338. The van der Waals surface area contributed by atoms with Crippen molar-refractivity contribution in [3.8, 4) is 5.69 Å². The molecule has 2 rings (SSSR count). The Labute approximate surface area is 173 Å². The minimum atomic E-state index is -0.265. The molecule has 0 radical (unpaired) electrons. The molecule has 0 spiro atoms. The number of nitrogens with zero attached hydrogens (tertiary/aromatic N) is 3. The fourth-order valence-corrected chi connectivity index (χ4v) is 2.21. The van der Waals surface area contributed by atoms with Gasteiger partial charge in [0.25, 0.3) is 0 Å². The zero-order chi connectivity index (χ0) is 18.1. The van der Waals surface area contributed by atoms with Gasteiger partial charge in [0, 0.05) is 26.4 Å². The van der Waals surface area contributed by atoms with Crippen molar-refractivity contribution in [3.63, 3.8) is 0 Å². The van der Waals surface area contributed by atoms with Gasteiger partial charge in [-0.2, -0.15) is 5.10 Å². The Morgan fingerprint density at radius 2 is 1.96 bits per heavy atom. The third-order valence-corrected chi connectivity index (χ3v) is 3.88. The second kappa shape index (κ2) is 11.2. The number of hydrogen-bond acceptors (Lipinski definition) is 3. The number of aliphatic imine (C=N–C) groups is 1. The molecule has 0 aliphatic rings.